The maximum atomic E-state index is 14.5. The normalized spacial score (nSPS) is 49.0. The van der Waals surface area contributed by atoms with Gasteiger partial charge in [-0.1, -0.05) is 52.3 Å². The van der Waals surface area contributed by atoms with E-state index in [4.69, 9.17) is 9.26 Å². The van der Waals surface area contributed by atoms with Gasteiger partial charge in [0.1, 0.15) is 11.4 Å². The number of fused-ring (bicyclic) bond motifs is 8. The molecule has 6 nitrogen and oxygen atoms in total. The van der Waals surface area contributed by atoms with E-state index in [-0.39, 0.29) is 39.3 Å². The van der Waals surface area contributed by atoms with Crippen molar-refractivity contribution in [1.82, 2.24) is 5.16 Å². The number of ether oxygens (including phenoxy) is 1. The number of carbonyl (C=O) groups excluding carboxylic acids is 2. The molecular weight excluding hydrogens is 478 g/mol. The summed E-state index contributed by atoms with van der Waals surface area (Å²) >= 11 is 0. The van der Waals surface area contributed by atoms with Crippen LogP contribution in [0.3, 0.4) is 0 Å². The standard InChI is InChI=1S/C32H45NO5/c1-26(2)20-9-10-30(6)21(29(20,5)16-19-18-33-38-24(19)26)15-23(34)32(36)22-17-28(4,25(35)37-8)12-11-27(22,3)13-14-31(30,32)7/h15,18,20,22,36H,9-14,16-17H2,1-8H3/t20-,22+,27+,28-,29-,30+,31-,32+/m0/s1. The van der Waals surface area contributed by atoms with Crippen molar-refractivity contribution in [3.8, 4) is 0 Å². The second kappa shape index (κ2) is 7.41. The highest BCUT2D eigenvalue weighted by atomic mass is 16.5. The molecule has 0 bridgehead atoms. The Balaban J connectivity index is 1.51. The second-order valence-corrected chi connectivity index (χ2v) is 15.4. The predicted molar refractivity (Wildman–Crippen MR) is 143 cm³/mol. The number of esters is 1. The van der Waals surface area contributed by atoms with Crippen molar-refractivity contribution in [1.29, 1.82) is 0 Å². The number of nitrogens with zero attached hydrogens (tertiary/aromatic N) is 1. The number of hydrogen-bond donors (Lipinski definition) is 1. The molecule has 208 valence electrons. The molecule has 8 atom stereocenters. The second-order valence-electron chi connectivity index (χ2n) is 15.4. The Kier molecular flexibility index (Phi) is 5.13. The van der Waals surface area contributed by atoms with E-state index in [9.17, 15) is 14.7 Å². The summed E-state index contributed by atoms with van der Waals surface area (Å²) in [7, 11) is 1.44. The van der Waals surface area contributed by atoms with Crippen LogP contribution in [0.25, 0.3) is 0 Å². The highest BCUT2D eigenvalue weighted by Crippen LogP contribution is 2.75. The molecule has 0 spiro atoms. The fourth-order valence-electron chi connectivity index (χ4n) is 10.9. The maximum absolute atomic E-state index is 14.5. The summed E-state index contributed by atoms with van der Waals surface area (Å²) in [6, 6.07) is 0. The smallest absolute Gasteiger partial charge is 0.311 e. The molecule has 0 amide bonds. The van der Waals surface area contributed by atoms with Gasteiger partial charge in [0.2, 0.25) is 0 Å². The van der Waals surface area contributed by atoms with Crippen molar-refractivity contribution in [3.63, 3.8) is 0 Å². The van der Waals surface area contributed by atoms with Gasteiger partial charge >= 0.3 is 5.97 Å². The van der Waals surface area contributed by atoms with E-state index in [2.05, 4.69) is 46.7 Å². The van der Waals surface area contributed by atoms with Gasteiger partial charge in [-0.15, -0.1) is 0 Å². The minimum Gasteiger partial charge on any atom is -0.469 e. The van der Waals surface area contributed by atoms with Crippen LogP contribution in [0.2, 0.25) is 0 Å². The minimum atomic E-state index is -1.52. The van der Waals surface area contributed by atoms with Crippen LogP contribution < -0.4 is 0 Å². The molecule has 3 saturated carbocycles. The Morgan fingerprint density at radius 2 is 1.71 bits per heavy atom. The van der Waals surface area contributed by atoms with Crippen molar-refractivity contribution < 1.29 is 24.0 Å². The lowest BCUT2D eigenvalue weighted by molar-refractivity contribution is -0.245. The lowest BCUT2D eigenvalue weighted by atomic mass is 9.32. The van der Waals surface area contributed by atoms with Gasteiger partial charge in [0.15, 0.2) is 5.78 Å². The summed E-state index contributed by atoms with van der Waals surface area (Å²) in [5.41, 5.74) is -1.48. The van der Waals surface area contributed by atoms with Crippen LogP contribution in [0.15, 0.2) is 22.4 Å². The number of carbonyl (C=O) groups is 2. The molecule has 0 saturated heterocycles. The quantitative estimate of drug-likeness (QED) is 0.457. The topological polar surface area (TPSA) is 89.6 Å². The first-order valence-corrected chi connectivity index (χ1v) is 14.6. The number of aliphatic hydroxyl groups is 1. The third-order valence-corrected chi connectivity index (χ3v) is 13.4. The fraction of sp³-hybridized carbons (Fsp3) is 0.781. The highest BCUT2D eigenvalue weighted by Gasteiger charge is 2.75. The summed E-state index contributed by atoms with van der Waals surface area (Å²) in [6.07, 6.45) is 10.2. The average Bonchev–Trinajstić information content (AvgIpc) is 3.33. The van der Waals surface area contributed by atoms with Crippen LogP contribution >= 0.6 is 0 Å². The summed E-state index contributed by atoms with van der Waals surface area (Å²) in [6.45, 7) is 15.5. The zero-order valence-corrected chi connectivity index (χ0v) is 24.5. The number of hydrogen-bond acceptors (Lipinski definition) is 6. The van der Waals surface area contributed by atoms with Crippen LogP contribution in [-0.4, -0.2) is 34.7 Å². The molecule has 3 fully saturated rings. The average molecular weight is 524 g/mol. The summed E-state index contributed by atoms with van der Waals surface area (Å²) in [5, 5.41) is 17.1. The minimum absolute atomic E-state index is 0.159. The van der Waals surface area contributed by atoms with Crippen molar-refractivity contribution in [2.75, 3.05) is 7.11 Å². The van der Waals surface area contributed by atoms with Gasteiger partial charge in [0.05, 0.1) is 18.7 Å². The fourth-order valence-corrected chi connectivity index (χ4v) is 10.9. The van der Waals surface area contributed by atoms with Crippen LogP contribution in [0.5, 0.6) is 0 Å². The molecule has 0 radical (unpaired) electrons. The molecular formula is C32H45NO5. The number of ketones is 1. The van der Waals surface area contributed by atoms with Crippen molar-refractivity contribution in [2.24, 2.45) is 38.9 Å². The summed E-state index contributed by atoms with van der Waals surface area (Å²) in [5.74, 6) is 0.596. The van der Waals surface area contributed by atoms with E-state index in [1.54, 1.807) is 0 Å². The predicted octanol–water partition coefficient (Wildman–Crippen LogP) is 5.96. The molecule has 0 aliphatic heterocycles. The summed E-state index contributed by atoms with van der Waals surface area (Å²) < 4.78 is 11.0. The van der Waals surface area contributed by atoms with Crippen molar-refractivity contribution in [3.05, 3.63) is 29.2 Å². The van der Waals surface area contributed by atoms with Gasteiger partial charge in [-0.05, 0) is 86.5 Å². The largest absolute Gasteiger partial charge is 0.469 e. The Morgan fingerprint density at radius 3 is 2.39 bits per heavy atom. The van der Waals surface area contributed by atoms with Crippen LogP contribution in [0.4, 0.5) is 0 Å². The number of rotatable bonds is 1. The molecule has 0 aromatic carbocycles. The van der Waals surface area contributed by atoms with Gasteiger partial charge in [-0.25, -0.2) is 0 Å². The molecule has 5 aliphatic rings. The van der Waals surface area contributed by atoms with E-state index < -0.39 is 16.4 Å². The maximum Gasteiger partial charge on any atom is 0.311 e. The molecule has 5 aliphatic carbocycles. The molecule has 38 heavy (non-hydrogen) atoms. The van der Waals surface area contributed by atoms with Crippen LogP contribution in [-0.2, 0) is 26.2 Å². The number of methoxy groups -OCH3 is 1. The Morgan fingerprint density at radius 1 is 1.03 bits per heavy atom. The van der Waals surface area contributed by atoms with Gasteiger partial charge in [-0.2, -0.15) is 0 Å². The molecule has 6 heteroatoms. The molecule has 1 aromatic rings. The van der Waals surface area contributed by atoms with Crippen LogP contribution in [0.1, 0.15) is 105 Å². The van der Waals surface area contributed by atoms with E-state index in [0.717, 1.165) is 56.3 Å². The first kappa shape index (κ1) is 26.3. The molecule has 0 unspecified atom stereocenters. The number of allylic oxidation sites excluding steroid dienone is 1. The third kappa shape index (κ3) is 2.76. The first-order valence-electron chi connectivity index (χ1n) is 14.6. The zero-order valence-electron chi connectivity index (χ0n) is 24.5. The van der Waals surface area contributed by atoms with E-state index >= 15 is 0 Å². The van der Waals surface area contributed by atoms with Gasteiger partial charge in [0.25, 0.3) is 0 Å². The van der Waals surface area contributed by atoms with E-state index in [1.165, 1.54) is 12.7 Å². The monoisotopic (exact) mass is 523 g/mol. The molecule has 1 heterocycles. The Hall–Kier alpha value is -1.95. The first-order chi connectivity index (χ1) is 17.5. The summed E-state index contributed by atoms with van der Waals surface area (Å²) in [4.78, 5) is 27.4. The Labute approximate surface area is 226 Å². The van der Waals surface area contributed by atoms with E-state index in [1.807, 2.05) is 19.2 Å². The van der Waals surface area contributed by atoms with Crippen molar-refractivity contribution >= 4 is 11.8 Å². The highest BCUT2D eigenvalue weighted by molar-refractivity contribution is 6.01. The van der Waals surface area contributed by atoms with Gasteiger partial charge in [0, 0.05) is 22.3 Å². The molecule has 1 aromatic heterocycles. The Bertz CT molecular complexity index is 1260. The van der Waals surface area contributed by atoms with Crippen molar-refractivity contribution in [2.45, 2.75) is 111 Å². The SMILES string of the molecule is COC(=O)[C@@]1(C)CC[C@]2(C)CC[C@@]3(C)[C@]4(C)CC[C@H]5C(C)(C)c6oncc6C[C@]5(C)C4=CC(=O)[C@]3(O)[C@@H]2C1. The lowest BCUT2D eigenvalue weighted by Gasteiger charge is -2.71. The lowest BCUT2D eigenvalue weighted by Crippen LogP contribution is -2.74. The van der Waals surface area contributed by atoms with Crippen LogP contribution in [0, 0.1) is 38.9 Å². The van der Waals surface area contributed by atoms with Gasteiger partial charge in [-0.3, -0.25) is 9.59 Å². The molecule has 6 rings (SSSR count). The van der Waals surface area contributed by atoms with E-state index in [0.29, 0.717) is 12.3 Å². The molecule has 1 N–H and O–H groups in total. The number of aromatic nitrogens is 1. The van der Waals surface area contributed by atoms with Gasteiger partial charge < -0.3 is 14.4 Å². The zero-order chi connectivity index (χ0) is 27.7. The third-order valence-electron chi connectivity index (χ3n) is 13.4.